The molecule has 2 amide bonds. The SMILES string of the molecule is Cc1cc(C(=O)N[C@@H](Cc2ccc(O)c(Cl)c2)C(=O)N[C@H](C(=O)C(C)(C)C)C2CC2)no1. The minimum Gasteiger partial charge on any atom is -0.506 e. The fourth-order valence-electron chi connectivity index (χ4n) is 3.38. The van der Waals surface area contributed by atoms with Crippen molar-refractivity contribution >= 4 is 29.2 Å². The zero-order valence-corrected chi connectivity index (χ0v) is 19.3. The second-order valence-corrected chi connectivity index (χ2v) is 9.68. The summed E-state index contributed by atoms with van der Waals surface area (Å²) in [7, 11) is 0. The minimum absolute atomic E-state index is 0.0433. The topological polar surface area (TPSA) is 122 Å². The molecule has 1 aromatic heterocycles. The quantitative estimate of drug-likeness (QED) is 0.555. The lowest BCUT2D eigenvalue weighted by Crippen LogP contribution is -2.54. The minimum atomic E-state index is -0.992. The predicted octanol–water partition coefficient (Wildman–Crippen LogP) is 3.19. The second kappa shape index (κ2) is 9.32. The Hall–Kier alpha value is -2.87. The molecule has 9 heteroatoms. The molecular weight excluding hydrogens is 434 g/mol. The Bertz CT molecular complexity index is 1020. The van der Waals surface area contributed by atoms with Crippen molar-refractivity contribution in [3.63, 3.8) is 0 Å². The first-order valence-electron chi connectivity index (χ1n) is 10.5. The molecule has 0 saturated heterocycles. The van der Waals surface area contributed by atoms with Gasteiger partial charge in [0.25, 0.3) is 5.91 Å². The van der Waals surface area contributed by atoms with E-state index >= 15 is 0 Å². The molecule has 1 aromatic carbocycles. The van der Waals surface area contributed by atoms with Gasteiger partial charge in [0.1, 0.15) is 17.6 Å². The van der Waals surface area contributed by atoms with Gasteiger partial charge in [-0.25, -0.2) is 0 Å². The molecule has 1 saturated carbocycles. The van der Waals surface area contributed by atoms with Crippen LogP contribution in [0.2, 0.25) is 5.02 Å². The number of hydrogen-bond acceptors (Lipinski definition) is 6. The van der Waals surface area contributed by atoms with Gasteiger partial charge in [-0.1, -0.05) is 43.6 Å². The number of aromatic nitrogens is 1. The number of phenols is 1. The monoisotopic (exact) mass is 461 g/mol. The van der Waals surface area contributed by atoms with Crippen molar-refractivity contribution in [2.75, 3.05) is 0 Å². The Morgan fingerprint density at radius 1 is 1.22 bits per heavy atom. The molecular formula is C23H28ClN3O5. The number of nitrogens with one attached hydrogen (secondary N) is 2. The molecule has 1 heterocycles. The van der Waals surface area contributed by atoms with Crippen LogP contribution in [0.15, 0.2) is 28.8 Å². The van der Waals surface area contributed by atoms with Gasteiger partial charge >= 0.3 is 0 Å². The lowest BCUT2D eigenvalue weighted by molar-refractivity contribution is -0.133. The van der Waals surface area contributed by atoms with Crippen molar-refractivity contribution in [3.05, 3.63) is 46.3 Å². The highest BCUT2D eigenvalue weighted by molar-refractivity contribution is 6.32. The van der Waals surface area contributed by atoms with Crippen molar-refractivity contribution in [1.82, 2.24) is 15.8 Å². The molecule has 0 spiro atoms. The van der Waals surface area contributed by atoms with E-state index in [0.717, 1.165) is 12.8 Å². The lowest BCUT2D eigenvalue weighted by Gasteiger charge is -2.27. The second-order valence-electron chi connectivity index (χ2n) is 9.28. The van der Waals surface area contributed by atoms with E-state index in [4.69, 9.17) is 16.1 Å². The highest BCUT2D eigenvalue weighted by Crippen LogP contribution is 2.36. The maximum Gasteiger partial charge on any atom is 0.274 e. The summed E-state index contributed by atoms with van der Waals surface area (Å²) in [5.74, 6) is -0.607. The largest absolute Gasteiger partial charge is 0.506 e. The average Bonchev–Trinajstić information content (AvgIpc) is 3.46. The maximum absolute atomic E-state index is 13.2. The average molecular weight is 462 g/mol. The van der Waals surface area contributed by atoms with E-state index in [1.165, 1.54) is 18.2 Å². The van der Waals surface area contributed by atoms with Crippen LogP contribution in [0.1, 0.15) is 55.4 Å². The van der Waals surface area contributed by atoms with Crippen LogP contribution in [0.5, 0.6) is 5.75 Å². The molecule has 32 heavy (non-hydrogen) atoms. The summed E-state index contributed by atoms with van der Waals surface area (Å²) in [6, 6.07) is 4.44. The number of aryl methyl sites for hydroxylation is 1. The molecule has 0 bridgehead atoms. The number of rotatable bonds is 8. The number of aromatic hydroxyl groups is 1. The molecule has 0 radical (unpaired) electrons. The van der Waals surface area contributed by atoms with Crippen LogP contribution in [-0.4, -0.2) is 39.9 Å². The van der Waals surface area contributed by atoms with E-state index in [0.29, 0.717) is 11.3 Å². The first-order chi connectivity index (χ1) is 15.0. The number of benzene rings is 1. The molecule has 1 fully saturated rings. The Morgan fingerprint density at radius 2 is 1.91 bits per heavy atom. The molecule has 1 aliphatic carbocycles. The van der Waals surface area contributed by atoms with Crippen LogP contribution < -0.4 is 10.6 Å². The van der Waals surface area contributed by atoms with Gasteiger partial charge in [0.15, 0.2) is 11.5 Å². The summed E-state index contributed by atoms with van der Waals surface area (Å²) < 4.78 is 4.95. The number of ketones is 1. The summed E-state index contributed by atoms with van der Waals surface area (Å²) in [4.78, 5) is 38.8. The van der Waals surface area contributed by atoms with Gasteiger partial charge in [-0.2, -0.15) is 0 Å². The molecule has 3 rings (SSSR count). The van der Waals surface area contributed by atoms with Gasteiger partial charge in [-0.05, 0) is 43.4 Å². The van der Waals surface area contributed by atoms with Crippen molar-refractivity contribution in [1.29, 1.82) is 0 Å². The Balaban J connectivity index is 1.82. The van der Waals surface area contributed by atoms with Crippen molar-refractivity contribution in [2.24, 2.45) is 11.3 Å². The highest BCUT2D eigenvalue weighted by atomic mass is 35.5. The first-order valence-corrected chi connectivity index (χ1v) is 10.9. The maximum atomic E-state index is 13.2. The summed E-state index contributed by atoms with van der Waals surface area (Å²) in [6.07, 6.45) is 1.85. The number of Topliss-reactive ketones (excluding diaryl/α,β-unsaturated/α-hetero) is 1. The van der Waals surface area contributed by atoms with E-state index < -0.39 is 29.3 Å². The van der Waals surface area contributed by atoms with E-state index in [1.807, 2.05) is 20.8 Å². The van der Waals surface area contributed by atoms with Crippen LogP contribution in [0.4, 0.5) is 0 Å². The summed E-state index contributed by atoms with van der Waals surface area (Å²) in [6.45, 7) is 7.12. The third kappa shape index (κ3) is 5.88. The molecule has 172 valence electrons. The van der Waals surface area contributed by atoms with Gasteiger partial charge in [0.05, 0.1) is 11.1 Å². The smallest absolute Gasteiger partial charge is 0.274 e. The van der Waals surface area contributed by atoms with Crippen molar-refractivity contribution < 1.29 is 24.0 Å². The van der Waals surface area contributed by atoms with Gasteiger partial charge in [0, 0.05) is 17.9 Å². The molecule has 0 aliphatic heterocycles. The zero-order valence-electron chi connectivity index (χ0n) is 18.6. The fourth-order valence-corrected chi connectivity index (χ4v) is 3.58. The summed E-state index contributed by atoms with van der Waals surface area (Å²) in [5.41, 5.74) is 0.0744. The highest BCUT2D eigenvalue weighted by Gasteiger charge is 2.42. The first kappa shape index (κ1) is 23.8. The van der Waals surface area contributed by atoms with E-state index in [-0.39, 0.29) is 34.6 Å². The van der Waals surface area contributed by atoms with Crippen molar-refractivity contribution in [2.45, 2.75) is 59.0 Å². The van der Waals surface area contributed by atoms with E-state index in [9.17, 15) is 19.5 Å². The predicted molar refractivity (Wildman–Crippen MR) is 118 cm³/mol. The molecule has 0 unspecified atom stereocenters. The van der Waals surface area contributed by atoms with Crippen LogP contribution in [0, 0.1) is 18.3 Å². The number of carbonyl (C=O) groups excluding carboxylic acids is 3. The standard InChI is InChI=1S/C23H28ClN3O5/c1-12-9-17(27-32-12)22(31)25-16(11-13-5-8-18(28)15(24)10-13)21(30)26-19(14-6-7-14)20(29)23(2,3)4/h5,8-10,14,16,19,28H,6-7,11H2,1-4H3,(H,25,31)(H,26,30)/t16-,19-/m0/s1. The van der Waals surface area contributed by atoms with Crippen LogP contribution in [-0.2, 0) is 16.0 Å². The van der Waals surface area contributed by atoms with E-state index in [1.54, 1.807) is 13.0 Å². The number of amides is 2. The summed E-state index contributed by atoms with van der Waals surface area (Å²) >= 11 is 6.00. The molecule has 1 aliphatic rings. The Kier molecular flexibility index (Phi) is 6.93. The van der Waals surface area contributed by atoms with Gasteiger partial charge < -0.3 is 20.3 Å². The number of hydrogen-bond donors (Lipinski definition) is 3. The molecule has 3 N–H and O–H groups in total. The number of nitrogens with zero attached hydrogens (tertiary/aromatic N) is 1. The Labute approximate surface area is 191 Å². The molecule has 8 nitrogen and oxygen atoms in total. The number of phenolic OH excluding ortho intramolecular Hbond substituents is 1. The molecule has 2 aromatic rings. The summed E-state index contributed by atoms with van der Waals surface area (Å²) in [5, 5.41) is 19.0. The van der Waals surface area contributed by atoms with Gasteiger partial charge in [-0.15, -0.1) is 0 Å². The van der Waals surface area contributed by atoms with Crippen LogP contribution >= 0.6 is 11.6 Å². The normalized spacial score (nSPS) is 15.7. The van der Waals surface area contributed by atoms with Crippen LogP contribution in [0.3, 0.4) is 0 Å². The fraction of sp³-hybridized carbons (Fsp3) is 0.478. The van der Waals surface area contributed by atoms with Crippen LogP contribution in [0.25, 0.3) is 0 Å². The van der Waals surface area contributed by atoms with Gasteiger partial charge in [-0.3, -0.25) is 14.4 Å². The zero-order chi connectivity index (χ0) is 23.6. The molecule has 2 atom stereocenters. The number of halogens is 1. The Morgan fingerprint density at radius 3 is 2.44 bits per heavy atom. The lowest BCUT2D eigenvalue weighted by atomic mass is 9.84. The number of carbonyl (C=O) groups is 3. The van der Waals surface area contributed by atoms with E-state index in [2.05, 4.69) is 15.8 Å². The third-order valence-electron chi connectivity index (χ3n) is 5.35. The third-order valence-corrected chi connectivity index (χ3v) is 5.65. The van der Waals surface area contributed by atoms with Crippen molar-refractivity contribution in [3.8, 4) is 5.75 Å². The van der Waals surface area contributed by atoms with Gasteiger partial charge in [0.2, 0.25) is 5.91 Å².